The third-order valence-corrected chi connectivity index (χ3v) is 4.80. The number of hydrogen-bond acceptors (Lipinski definition) is 4. The quantitative estimate of drug-likeness (QED) is 0.693. The van der Waals surface area contributed by atoms with Gasteiger partial charge in [0.15, 0.2) is 6.61 Å². The molecule has 7 heteroatoms. The van der Waals surface area contributed by atoms with Crippen LogP contribution in [-0.4, -0.2) is 34.7 Å². The van der Waals surface area contributed by atoms with Gasteiger partial charge >= 0.3 is 0 Å². The van der Waals surface area contributed by atoms with E-state index in [-0.39, 0.29) is 18.6 Å². The average Bonchev–Trinajstić information content (AvgIpc) is 3.15. The predicted molar refractivity (Wildman–Crippen MR) is 106 cm³/mol. The van der Waals surface area contributed by atoms with Crippen molar-refractivity contribution < 1.29 is 14.3 Å². The Bertz CT molecular complexity index is 941. The lowest BCUT2D eigenvalue weighted by Crippen LogP contribution is -2.40. The number of rotatable bonds is 6. The third kappa shape index (κ3) is 4.35. The van der Waals surface area contributed by atoms with Crippen molar-refractivity contribution in [2.75, 3.05) is 13.2 Å². The van der Waals surface area contributed by atoms with E-state index in [2.05, 4.69) is 14.9 Å². The Hall–Kier alpha value is -2.83. The molecule has 1 aliphatic heterocycles. The Morgan fingerprint density at radius 3 is 2.79 bits per heavy atom. The number of amides is 1. The zero-order valence-electron chi connectivity index (χ0n) is 15.2. The van der Waals surface area contributed by atoms with E-state index in [0.717, 1.165) is 17.1 Å². The first-order chi connectivity index (χ1) is 13.7. The summed E-state index contributed by atoms with van der Waals surface area (Å²) in [5.74, 6) is 1.36. The van der Waals surface area contributed by atoms with Gasteiger partial charge in [-0.3, -0.25) is 4.79 Å². The number of carbonyl (C=O) groups excluding carboxylic acids is 1. The van der Waals surface area contributed by atoms with Gasteiger partial charge in [0.2, 0.25) is 0 Å². The Balaban J connectivity index is 1.33. The molecule has 1 unspecified atom stereocenters. The maximum Gasteiger partial charge on any atom is 0.258 e. The van der Waals surface area contributed by atoms with Gasteiger partial charge in [-0.25, -0.2) is 4.98 Å². The topological polar surface area (TPSA) is 65.4 Å². The average molecular weight is 398 g/mol. The number of nitrogens with one attached hydrogen (secondary N) is 1. The summed E-state index contributed by atoms with van der Waals surface area (Å²) in [6.07, 6.45) is 1.71. The molecule has 0 spiro atoms. The molecule has 28 heavy (non-hydrogen) atoms. The summed E-state index contributed by atoms with van der Waals surface area (Å²) in [4.78, 5) is 16.5. The van der Waals surface area contributed by atoms with Gasteiger partial charge in [-0.15, -0.1) is 0 Å². The molecule has 0 radical (unpaired) electrons. The van der Waals surface area contributed by atoms with Crippen LogP contribution >= 0.6 is 11.6 Å². The van der Waals surface area contributed by atoms with Crippen LogP contribution in [0.25, 0.3) is 11.3 Å². The van der Waals surface area contributed by atoms with Crippen molar-refractivity contribution in [2.24, 2.45) is 0 Å². The number of imidazole rings is 1. The second-order valence-electron chi connectivity index (χ2n) is 6.52. The lowest BCUT2D eigenvalue weighted by molar-refractivity contribution is -0.124. The molecule has 3 aromatic rings. The molecule has 2 aromatic carbocycles. The molecule has 0 bridgehead atoms. The van der Waals surface area contributed by atoms with Gasteiger partial charge < -0.3 is 19.4 Å². The zero-order chi connectivity index (χ0) is 19.3. The van der Waals surface area contributed by atoms with E-state index in [1.165, 1.54) is 0 Å². The lowest BCUT2D eigenvalue weighted by Gasteiger charge is -2.26. The number of nitrogens with zero attached hydrogens (tertiary/aromatic N) is 2. The third-order valence-electron chi connectivity index (χ3n) is 4.55. The Morgan fingerprint density at radius 2 is 2.00 bits per heavy atom. The van der Waals surface area contributed by atoms with E-state index in [0.29, 0.717) is 30.5 Å². The largest absolute Gasteiger partial charge is 0.484 e. The summed E-state index contributed by atoms with van der Waals surface area (Å²) in [6.45, 7) is 1.42. The van der Waals surface area contributed by atoms with Crippen LogP contribution in [0, 0.1) is 0 Å². The minimum absolute atomic E-state index is 0.0247. The van der Waals surface area contributed by atoms with Gasteiger partial charge in [0.1, 0.15) is 18.2 Å². The maximum absolute atomic E-state index is 12.1. The number of carbonyl (C=O) groups is 1. The van der Waals surface area contributed by atoms with Gasteiger partial charge in [0.25, 0.3) is 5.91 Å². The molecule has 0 aliphatic carbocycles. The number of benzene rings is 2. The first-order valence-corrected chi connectivity index (χ1v) is 9.43. The highest BCUT2D eigenvalue weighted by molar-refractivity contribution is 6.30. The van der Waals surface area contributed by atoms with Crippen LogP contribution in [0.15, 0.2) is 60.8 Å². The second kappa shape index (κ2) is 8.46. The highest BCUT2D eigenvalue weighted by Gasteiger charge is 2.23. The molecule has 1 amide bonds. The molecule has 4 rings (SSSR count). The van der Waals surface area contributed by atoms with Crippen molar-refractivity contribution in [1.82, 2.24) is 14.9 Å². The molecule has 0 saturated carbocycles. The second-order valence-corrected chi connectivity index (χ2v) is 6.95. The Morgan fingerprint density at radius 1 is 1.21 bits per heavy atom. The maximum atomic E-state index is 12.1. The smallest absolute Gasteiger partial charge is 0.258 e. The number of hydrogen-bond donors (Lipinski definition) is 1. The molecule has 0 fully saturated rings. The molecule has 6 nitrogen and oxygen atoms in total. The normalized spacial score (nSPS) is 15.7. The predicted octanol–water partition coefficient (Wildman–Crippen LogP) is 3.30. The fourth-order valence-electron chi connectivity index (χ4n) is 3.10. The van der Waals surface area contributed by atoms with Crippen LogP contribution in [0.2, 0.25) is 5.02 Å². The Labute approximate surface area is 168 Å². The monoisotopic (exact) mass is 397 g/mol. The minimum atomic E-state index is -0.179. The van der Waals surface area contributed by atoms with E-state index in [1.54, 1.807) is 0 Å². The first kappa shape index (κ1) is 18.5. The van der Waals surface area contributed by atoms with Gasteiger partial charge in [0.05, 0.1) is 24.5 Å². The van der Waals surface area contributed by atoms with Gasteiger partial charge in [-0.2, -0.15) is 0 Å². The van der Waals surface area contributed by atoms with Gasteiger partial charge in [-0.05, 0) is 29.8 Å². The van der Waals surface area contributed by atoms with E-state index in [1.807, 2.05) is 60.8 Å². The lowest BCUT2D eigenvalue weighted by atomic mass is 10.1. The molecular formula is C21H20ClN3O3. The van der Waals surface area contributed by atoms with E-state index in [4.69, 9.17) is 21.1 Å². The van der Waals surface area contributed by atoms with Gasteiger partial charge in [0, 0.05) is 11.6 Å². The first-order valence-electron chi connectivity index (χ1n) is 9.05. The molecule has 144 valence electrons. The summed E-state index contributed by atoms with van der Waals surface area (Å²) in [6, 6.07) is 16.9. The van der Waals surface area contributed by atoms with E-state index >= 15 is 0 Å². The van der Waals surface area contributed by atoms with Crippen LogP contribution in [0.5, 0.6) is 5.75 Å². The Kier molecular flexibility index (Phi) is 5.60. The summed E-state index contributed by atoms with van der Waals surface area (Å²) < 4.78 is 13.4. The van der Waals surface area contributed by atoms with Crippen molar-refractivity contribution in [3.8, 4) is 17.0 Å². The molecule has 0 saturated heterocycles. The SMILES string of the molecule is O=C(COc1ccccc1)NCC1Cn2c(-c3ccc(Cl)cc3)cnc2CO1. The van der Waals surface area contributed by atoms with Crippen LogP contribution in [-0.2, 0) is 22.7 Å². The molecular weight excluding hydrogens is 378 g/mol. The molecule has 1 atom stereocenters. The fraction of sp³-hybridized carbons (Fsp3) is 0.238. The number of halogens is 1. The van der Waals surface area contributed by atoms with Crippen molar-refractivity contribution >= 4 is 17.5 Å². The summed E-state index contributed by atoms with van der Waals surface area (Å²) in [5.41, 5.74) is 2.06. The molecule has 1 aromatic heterocycles. The van der Waals surface area contributed by atoms with Crippen molar-refractivity contribution in [1.29, 1.82) is 0 Å². The van der Waals surface area contributed by atoms with E-state index < -0.39 is 0 Å². The number of fused-ring (bicyclic) bond motifs is 1. The van der Waals surface area contributed by atoms with Crippen molar-refractivity contribution in [3.63, 3.8) is 0 Å². The molecule has 1 aliphatic rings. The highest BCUT2D eigenvalue weighted by Crippen LogP contribution is 2.26. The summed E-state index contributed by atoms with van der Waals surface area (Å²) in [7, 11) is 0. The van der Waals surface area contributed by atoms with Crippen LogP contribution in [0.4, 0.5) is 0 Å². The summed E-state index contributed by atoms with van der Waals surface area (Å²) >= 11 is 5.98. The van der Waals surface area contributed by atoms with Crippen molar-refractivity contribution in [3.05, 3.63) is 71.6 Å². The van der Waals surface area contributed by atoms with Crippen LogP contribution < -0.4 is 10.1 Å². The van der Waals surface area contributed by atoms with Crippen LogP contribution in [0.1, 0.15) is 5.82 Å². The number of aromatic nitrogens is 2. The highest BCUT2D eigenvalue weighted by atomic mass is 35.5. The van der Waals surface area contributed by atoms with Crippen molar-refractivity contribution in [2.45, 2.75) is 19.3 Å². The zero-order valence-corrected chi connectivity index (χ0v) is 15.9. The summed E-state index contributed by atoms with van der Waals surface area (Å²) in [5, 5.41) is 3.57. The van der Waals surface area contributed by atoms with E-state index in [9.17, 15) is 4.79 Å². The number of ether oxygens (including phenoxy) is 2. The van der Waals surface area contributed by atoms with Gasteiger partial charge in [-0.1, -0.05) is 41.9 Å². The number of para-hydroxylation sites is 1. The minimum Gasteiger partial charge on any atom is -0.484 e. The molecule has 1 N–H and O–H groups in total. The fourth-order valence-corrected chi connectivity index (χ4v) is 3.23. The molecule has 2 heterocycles. The standard InChI is InChI=1S/C21H20ClN3O3/c22-16-8-6-15(7-9-16)19-11-23-20-13-27-18(12-25(19)20)10-24-21(26)14-28-17-4-2-1-3-5-17/h1-9,11,18H,10,12-14H2,(H,24,26). The van der Waals surface area contributed by atoms with Crippen LogP contribution in [0.3, 0.4) is 0 Å².